The number of piperazine rings is 1. The zero-order chi connectivity index (χ0) is 16.4. The molecule has 1 spiro atoms. The number of nitrogens with zero attached hydrogens (tertiary/aromatic N) is 4. The zero-order valence-electron chi connectivity index (χ0n) is 13.4. The van der Waals surface area contributed by atoms with Crippen molar-refractivity contribution in [3.63, 3.8) is 0 Å². The summed E-state index contributed by atoms with van der Waals surface area (Å²) in [5, 5.41) is 0. The highest BCUT2D eigenvalue weighted by Crippen LogP contribution is 2.33. The van der Waals surface area contributed by atoms with Crippen molar-refractivity contribution in [1.29, 1.82) is 0 Å². The van der Waals surface area contributed by atoms with Gasteiger partial charge in [0.05, 0.1) is 0 Å². The Hall–Kier alpha value is -2.21. The first-order valence-electron chi connectivity index (χ1n) is 7.89. The van der Waals surface area contributed by atoms with E-state index in [1.807, 2.05) is 13.1 Å². The molecule has 1 atom stereocenters. The minimum Gasteiger partial charge on any atom is -0.343 e. The van der Waals surface area contributed by atoms with Crippen molar-refractivity contribution >= 4 is 11.8 Å². The van der Waals surface area contributed by atoms with Crippen LogP contribution in [0.1, 0.15) is 16.8 Å². The molecule has 0 N–H and O–H groups in total. The van der Waals surface area contributed by atoms with E-state index in [-0.39, 0.29) is 11.8 Å². The number of amides is 2. The van der Waals surface area contributed by atoms with Crippen molar-refractivity contribution in [3.8, 4) is 0 Å². The molecule has 1 aromatic heterocycles. The number of rotatable bonds is 3. The molecule has 122 valence electrons. The van der Waals surface area contributed by atoms with Gasteiger partial charge in [0, 0.05) is 57.7 Å². The molecule has 3 rings (SSSR count). The number of carbonyl (C=O) groups is 2. The Morgan fingerprint density at radius 1 is 1.35 bits per heavy atom. The normalized spacial score (nSPS) is 25.2. The van der Waals surface area contributed by atoms with Gasteiger partial charge in [0.2, 0.25) is 5.91 Å². The van der Waals surface area contributed by atoms with E-state index in [4.69, 9.17) is 0 Å². The summed E-state index contributed by atoms with van der Waals surface area (Å²) in [7, 11) is 1.84. The average Bonchev–Trinajstić information content (AvgIpc) is 3.02. The lowest BCUT2D eigenvalue weighted by Crippen LogP contribution is -2.66. The predicted molar refractivity (Wildman–Crippen MR) is 86.9 cm³/mol. The Morgan fingerprint density at radius 3 is 2.78 bits per heavy atom. The van der Waals surface area contributed by atoms with Crippen LogP contribution in [0, 0.1) is 0 Å². The molecule has 6 nitrogen and oxygen atoms in total. The molecule has 1 unspecified atom stereocenters. The molecule has 2 amide bonds. The molecule has 2 aliphatic heterocycles. The number of carbonyl (C=O) groups excluding carboxylic acids is 2. The van der Waals surface area contributed by atoms with Crippen molar-refractivity contribution in [2.45, 2.75) is 12.0 Å². The van der Waals surface area contributed by atoms with Gasteiger partial charge in [-0.05, 0) is 18.6 Å². The maximum Gasteiger partial charge on any atom is 0.254 e. The molecule has 1 aromatic rings. The molecule has 0 radical (unpaired) electrons. The topological polar surface area (TPSA) is 56.8 Å². The lowest BCUT2D eigenvalue weighted by Gasteiger charge is -2.46. The van der Waals surface area contributed by atoms with E-state index in [0.717, 1.165) is 6.54 Å². The summed E-state index contributed by atoms with van der Waals surface area (Å²) in [6.07, 6.45) is 5.72. The van der Waals surface area contributed by atoms with Gasteiger partial charge in [0.25, 0.3) is 5.91 Å². The molecular weight excluding hydrogens is 292 g/mol. The van der Waals surface area contributed by atoms with Gasteiger partial charge >= 0.3 is 0 Å². The van der Waals surface area contributed by atoms with Crippen LogP contribution >= 0.6 is 0 Å². The van der Waals surface area contributed by atoms with E-state index in [1.165, 1.54) is 0 Å². The molecule has 0 aromatic carbocycles. The third kappa shape index (κ3) is 2.63. The summed E-state index contributed by atoms with van der Waals surface area (Å²) in [5.74, 6) is 0.0690. The van der Waals surface area contributed by atoms with Crippen LogP contribution in [-0.4, -0.2) is 76.8 Å². The van der Waals surface area contributed by atoms with E-state index < -0.39 is 5.54 Å². The monoisotopic (exact) mass is 314 g/mol. The number of hydrogen-bond donors (Lipinski definition) is 0. The van der Waals surface area contributed by atoms with Gasteiger partial charge in [-0.2, -0.15) is 0 Å². The van der Waals surface area contributed by atoms with Crippen LogP contribution in [0.2, 0.25) is 0 Å². The van der Waals surface area contributed by atoms with Crippen LogP contribution < -0.4 is 0 Å². The first-order valence-corrected chi connectivity index (χ1v) is 7.89. The van der Waals surface area contributed by atoms with Crippen molar-refractivity contribution in [2.24, 2.45) is 0 Å². The Morgan fingerprint density at radius 2 is 2.09 bits per heavy atom. The fourth-order valence-corrected chi connectivity index (χ4v) is 3.58. The van der Waals surface area contributed by atoms with E-state index in [1.54, 1.807) is 34.3 Å². The minimum atomic E-state index is -0.607. The van der Waals surface area contributed by atoms with Crippen molar-refractivity contribution in [2.75, 3.05) is 39.8 Å². The smallest absolute Gasteiger partial charge is 0.254 e. The summed E-state index contributed by atoms with van der Waals surface area (Å²) < 4.78 is 0. The van der Waals surface area contributed by atoms with Crippen LogP contribution in [0.5, 0.6) is 0 Å². The molecular formula is C17H22N4O2. The highest BCUT2D eigenvalue weighted by atomic mass is 16.2. The maximum atomic E-state index is 12.8. The molecule has 0 bridgehead atoms. The highest BCUT2D eigenvalue weighted by molar-refractivity contribution is 5.96. The lowest BCUT2D eigenvalue weighted by atomic mass is 9.91. The van der Waals surface area contributed by atoms with Gasteiger partial charge < -0.3 is 9.80 Å². The fraction of sp³-hybridized carbons (Fsp3) is 0.471. The van der Waals surface area contributed by atoms with Crippen molar-refractivity contribution < 1.29 is 9.59 Å². The number of likely N-dealkylation sites (tertiary alicyclic amines) is 1. The van der Waals surface area contributed by atoms with Gasteiger partial charge in [-0.3, -0.25) is 19.5 Å². The Labute approximate surface area is 136 Å². The van der Waals surface area contributed by atoms with Crippen LogP contribution in [0.3, 0.4) is 0 Å². The Bertz CT molecular complexity index is 618. The van der Waals surface area contributed by atoms with E-state index in [9.17, 15) is 9.59 Å². The second-order valence-electron chi connectivity index (χ2n) is 6.21. The largest absolute Gasteiger partial charge is 0.343 e. The predicted octanol–water partition coefficient (Wildman–Crippen LogP) is 0.626. The number of pyridine rings is 1. The van der Waals surface area contributed by atoms with Gasteiger partial charge in [0.15, 0.2) is 0 Å². The molecule has 2 aliphatic rings. The molecule has 2 fully saturated rings. The van der Waals surface area contributed by atoms with Gasteiger partial charge in [-0.25, -0.2) is 0 Å². The van der Waals surface area contributed by atoms with Gasteiger partial charge in [-0.1, -0.05) is 6.08 Å². The first-order chi connectivity index (χ1) is 11.1. The van der Waals surface area contributed by atoms with Crippen LogP contribution in [0.15, 0.2) is 37.2 Å². The third-order valence-corrected chi connectivity index (χ3v) is 4.87. The second kappa shape index (κ2) is 6.12. The standard InChI is InChI=1S/C17H22N4O2/c1-3-9-21-12-11-19(2)16(23)17(21)6-10-20(13-17)15(22)14-4-7-18-8-5-14/h3-5,7-8H,1,6,9-13H2,2H3. The van der Waals surface area contributed by atoms with Crippen LogP contribution in [-0.2, 0) is 4.79 Å². The zero-order valence-corrected chi connectivity index (χ0v) is 13.4. The molecule has 2 saturated heterocycles. The average molecular weight is 314 g/mol. The molecule has 0 saturated carbocycles. The molecule has 6 heteroatoms. The highest BCUT2D eigenvalue weighted by Gasteiger charge is 2.53. The lowest BCUT2D eigenvalue weighted by molar-refractivity contribution is -0.148. The SMILES string of the molecule is C=CCN1CCN(C)C(=O)C12CCN(C(=O)c1ccncc1)C2. The Balaban J connectivity index is 1.84. The summed E-state index contributed by atoms with van der Waals surface area (Å²) in [6, 6.07) is 3.42. The fourth-order valence-electron chi connectivity index (χ4n) is 3.58. The Kier molecular flexibility index (Phi) is 4.17. The molecule has 23 heavy (non-hydrogen) atoms. The van der Waals surface area contributed by atoms with Crippen molar-refractivity contribution in [3.05, 3.63) is 42.7 Å². The summed E-state index contributed by atoms with van der Waals surface area (Å²) in [4.78, 5) is 35.2. The van der Waals surface area contributed by atoms with E-state index in [2.05, 4.69) is 16.5 Å². The minimum absolute atomic E-state index is 0.0381. The van der Waals surface area contributed by atoms with Crippen LogP contribution in [0.25, 0.3) is 0 Å². The summed E-state index contributed by atoms with van der Waals surface area (Å²) in [5.41, 5.74) is 0.00749. The third-order valence-electron chi connectivity index (χ3n) is 4.87. The quantitative estimate of drug-likeness (QED) is 0.768. The van der Waals surface area contributed by atoms with E-state index in [0.29, 0.717) is 38.2 Å². The number of likely N-dealkylation sites (N-methyl/N-ethyl adjacent to an activating group) is 1. The van der Waals surface area contributed by atoms with Crippen molar-refractivity contribution in [1.82, 2.24) is 19.7 Å². The molecule has 3 heterocycles. The van der Waals surface area contributed by atoms with Gasteiger partial charge in [0.1, 0.15) is 5.54 Å². The number of aromatic nitrogens is 1. The van der Waals surface area contributed by atoms with E-state index >= 15 is 0 Å². The second-order valence-corrected chi connectivity index (χ2v) is 6.21. The number of hydrogen-bond acceptors (Lipinski definition) is 4. The van der Waals surface area contributed by atoms with Crippen LogP contribution in [0.4, 0.5) is 0 Å². The molecule has 0 aliphatic carbocycles. The first kappa shape index (κ1) is 15.7. The van der Waals surface area contributed by atoms with Gasteiger partial charge in [-0.15, -0.1) is 6.58 Å². The summed E-state index contributed by atoms with van der Waals surface area (Å²) >= 11 is 0. The summed E-state index contributed by atoms with van der Waals surface area (Å²) in [6.45, 7) is 7.02. The maximum absolute atomic E-state index is 12.8.